The van der Waals surface area contributed by atoms with Crippen LogP contribution >= 0.6 is 21.6 Å². The van der Waals surface area contributed by atoms with Gasteiger partial charge in [-0.3, -0.25) is 10.1 Å². The van der Waals surface area contributed by atoms with Crippen molar-refractivity contribution in [3.63, 3.8) is 0 Å². The maximum absolute atomic E-state index is 11.1. The second-order valence-corrected chi connectivity index (χ2v) is 6.33. The minimum Gasteiger partial charge on any atom is -0.448 e. The molecule has 110 valence electrons. The highest BCUT2D eigenvalue weighted by molar-refractivity contribution is 8.76. The molecular weight excluding hydrogens is 302 g/mol. The summed E-state index contributed by atoms with van der Waals surface area (Å²) in [5.41, 5.74) is -0.0261. The van der Waals surface area contributed by atoms with E-state index in [-0.39, 0.29) is 17.5 Å². The maximum atomic E-state index is 11.1. The molecule has 9 heteroatoms. The lowest BCUT2D eigenvalue weighted by Crippen LogP contribution is -2.25. The number of nitrogens with one attached hydrogen (secondary N) is 1. The number of aromatic nitrogens is 1. The monoisotopic (exact) mass is 317 g/mol. The van der Waals surface area contributed by atoms with Gasteiger partial charge in [0.15, 0.2) is 5.03 Å². The van der Waals surface area contributed by atoms with E-state index in [2.05, 4.69) is 10.3 Å². The molecule has 0 spiro atoms. The molecule has 0 aromatic carbocycles. The number of alkyl carbamates (subject to hydrolysis) is 1. The van der Waals surface area contributed by atoms with Crippen molar-refractivity contribution in [3.8, 4) is 0 Å². The Labute approximate surface area is 124 Å². The first-order valence-electron chi connectivity index (χ1n) is 5.88. The molecule has 0 aliphatic heterocycles. The fraction of sp³-hybridized carbons (Fsp3) is 0.455. The Morgan fingerprint density at radius 2 is 2.40 bits per heavy atom. The first kappa shape index (κ1) is 16.6. The van der Waals surface area contributed by atoms with E-state index in [0.29, 0.717) is 11.6 Å². The zero-order valence-corrected chi connectivity index (χ0v) is 12.7. The van der Waals surface area contributed by atoms with Gasteiger partial charge in [0.2, 0.25) is 0 Å². The molecule has 1 N–H and O–H groups in total. The second-order valence-electron chi connectivity index (χ2n) is 3.70. The molecular formula is C11H15N3O4S2. The molecule has 0 saturated heterocycles. The molecule has 1 unspecified atom stereocenters. The molecule has 1 amide bonds. The number of pyridine rings is 1. The molecule has 1 atom stereocenters. The van der Waals surface area contributed by atoms with E-state index in [4.69, 9.17) is 4.74 Å². The molecule has 1 rings (SSSR count). The van der Waals surface area contributed by atoms with E-state index in [1.807, 2.05) is 6.92 Å². The van der Waals surface area contributed by atoms with Gasteiger partial charge in [-0.25, -0.2) is 9.78 Å². The van der Waals surface area contributed by atoms with Gasteiger partial charge in [0.05, 0.1) is 4.92 Å². The first-order valence-corrected chi connectivity index (χ1v) is 8.09. The van der Waals surface area contributed by atoms with Crippen LogP contribution in [0.1, 0.15) is 13.8 Å². The van der Waals surface area contributed by atoms with Gasteiger partial charge in [-0.2, -0.15) is 0 Å². The number of rotatable bonds is 7. The van der Waals surface area contributed by atoms with Crippen LogP contribution in [0.25, 0.3) is 0 Å². The fourth-order valence-electron chi connectivity index (χ4n) is 1.13. The van der Waals surface area contributed by atoms with E-state index in [9.17, 15) is 14.9 Å². The van der Waals surface area contributed by atoms with Crippen molar-refractivity contribution in [2.45, 2.75) is 24.1 Å². The van der Waals surface area contributed by atoms with Gasteiger partial charge < -0.3 is 10.1 Å². The van der Waals surface area contributed by atoms with Gasteiger partial charge >= 0.3 is 11.8 Å². The topological polar surface area (TPSA) is 94.4 Å². The third-order valence-corrected chi connectivity index (χ3v) is 4.79. The number of nitrogens with zero attached hydrogens (tertiary/aromatic N) is 2. The Balaban J connectivity index is 2.43. The summed E-state index contributed by atoms with van der Waals surface area (Å²) >= 11 is 0. The summed E-state index contributed by atoms with van der Waals surface area (Å²) in [5.74, 6) is 0. The van der Waals surface area contributed by atoms with Gasteiger partial charge in [-0.05, 0) is 30.7 Å². The molecule has 0 aliphatic rings. The molecule has 1 heterocycles. The second kappa shape index (κ2) is 8.64. The maximum Gasteiger partial charge on any atom is 0.407 e. The lowest BCUT2D eigenvalue weighted by molar-refractivity contribution is -0.388. The molecule has 0 radical (unpaired) electrons. The fourth-order valence-corrected chi connectivity index (χ4v) is 3.16. The summed E-state index contributed by atoms with van der Waals surface area (Å²) in [7, 11) is 2.57. The number of carbonyl (C=O) groups excluding carboxylic acids is 1. The summed E-state index contributed by atoms with van der Waals surface area (Å²) in [6.45, 7) is 4.40. The standard InChI is InChI=1S/C11H15N3O4S2/c1-3-12-11(15)18-7-8(2)19-20-10-9(14(16)17)5-4-6-13-10/h4-6,8H,3,7H2,1-2H3,(H,12,15). The zero-order chi connectivity index (χ0) is 15.0. The number of carbonyl (C=O) groups is 1. The summed E-state index contributed by atoms with van der Waals surface area (Å²) in [5, 5.41) is 13.7. The van der Waals surface area contributed by atoms with Gasteiger partial charge in [-0.1, -0.05) is 10.8 Å². The van der Waals surface area contributed by atoms with Crippen molar-refractivity contribution < 1.29 is 14.5 Å². The van der Waals surface area contributed by atoms with Gasteiger partial charge in [0.25, 0.3) is 0 Å². The molecule has 0 aliphatic carbocycles. The van der Waals surface area contributed by atoms with Crippen LogP contribution in [0.4, 0.5) is 10.5 Å². The minimum absolute atomic E-state index is 0.00998. The van der Waals surface area contributed by atoms with Crippen LogP contribution in [0, 0.1) is 10.1 Å². The summed E-state index contributed by atoms with van der Waals surface area (Å²) in [6, 6.07) is 2.93. The first-order chi connectivity index (χ1) is 9.54. The van der Waals surface area contributed by atoms with Gasteiger partial charge in [0, 0.05) is 24.1 Å². The number of amides is 1. The van der Waals surface area contributed by atoms with E-state index >= 15 is 0 Å². The molecule has 7 nitrogen and oxygen atoms in total. The average Bonchev–Trinajstić information content (AvgIpc) is 2.43. The third kappa shape index (κ3) is 5.66. The van der Waals surface area contributed by atoms with Crippen LogP contribution < -0.4 is 5.32 Å². The van der Waals surface area contributed by atoms with Crippen molar-refractivity contribution >= 4 is 33.4 Å². The van der Waals surface area contributed by atoms with Crippen molar-refractivity contribution in [1.82, 2.24) is 10.3 Å². The highest BCUT2D eigenvalue weighted by atomic mass is 33.1. The van der Waals surface area contributed by atoms with Crippen LogP contribution in [0.2, 0.25) is 0 Å². The molecule has 0 saturated carbocycles. The summed E-state index contributed by atoms with van der Waals surface area (Å²) < 4.78 is 4.97. The van der Waals surface area contributed by atoms with Crippen LogP contribution in [-0.2, 0) is 4.74 Å². The predicted octanol–water partition coefficient (Wildman–Crippen LogP) is 2.86. The van der Waals surface area contributed by atoms with Crippen LogP contribution in [0.5, 0.6) is 0 Å². The van der Waals surface area contributed by atoms with Crippen LogP contribution in [0.3, 0.4) is 0 Å². The lowest BCUT2D eigenvalue weighted by Gasteiger charge is -2.11. The van der Waals surface area contributed by atoms with Crippen molar-refractivity contribution in [3.05, 3.63) is 28.4 Å². The molecule has 0 fully saturated rings. The quantitative estimate of drug-likeness (QED) is 0.469. The van der Waals surface area contributed by atoms with Crippen molar-refractivity contribution in [1.29, 1.82) is 0 Å². The molecule has 1 aromatic rings. The lowest BCUT2D eigenvalue weighted by atomic mass is 10.4. The Morgan fingerprint density at radius 3 is 3.05 bits per heavy atom. The number of ether oxygens (including phenoxy) is 1. The highest BCUT2D eigenvalue weighted by Gasteiger charge is 2.16. The van der Waals surface area contributed by atoms with E-state index < -0.39 is 11.0 Å². The van der Waals surface area contributed by atoms with E-state index in [0.717, 1.165) is 0 Å². The smallest absolute Gasteiger partial charge is 0.407 e. The number of nitro groups is 1. The zero-order valence-electron chi connectivity index (χ0n) is 11.1. The van der Waals surface area contributed by atoms with Crippen LogP contribution in [-0.4, -0.2) is 34.4 Å². The molecule has 0 bridgehead atoms. The Hall–Kier alpha value is -1.48. The number of hydrogen-bond donors (Lipinski definition) is 1. The van der Waals surface area contributed by atoms with E-state index in [1.54, 1.807) is 6.92 Å². The number of hydrogen-bond acceptors (Lipinski definition) is 7. The highest BCUT2D eigenvalue weighted by Crippen LogP contribution is 2.37. The Kier molecular flexibility index (Phi) is 7.16. The van der Waals surface area contributed by atoms with Crippen molar-refractivity contribution in [2.75, 3.05) is 13.2 Å². The van der Waals surface area contributed by atoms with Gasteiger partial charge in [0.1, 0.15) is 6.61 Å². The summed E-state index contributed by atoms with van der Waals surface area (Å²) in [4.78, 5) is 25.4. The predicted molar refractivity (Wildman–Crippen MR) is 78.8 cm³/mol. The van der Waals surface area contributed by atoms with Gasteiger partial charge in [-0.15, -0.1) is 0 Å². The normalized spacial score (nSPS) is 11.7. The summed E-state index contributed by atoms with van der Waals surface area (Å²) in [6.07, 6.45) is 1.04. The Morgan fingerprint density at radius 1 is 1.65 bits per heavy atom. The van der Waals surface area contributed by atoms with Crippen LogP contribution in [0.15, 0.2) is 23.4 Å². The Bertz CT molecular complexity index is 473. The third-order valence-electron chi connectivity index (χ3n) is 2.01. The van der Waals surface area contributed by atoms with E-state index in [1.165, 1.54) is 39.9 Å². The SMILES string of the molecule is CCNC(=O)OCC(C)SSc1ncccc1[N+](=O)[O-]. The molecule has 1 aromatic heterocycles. The molecule has 20 heavy (non-hydrogen) atoms. The van der Waals surface area contributed by atoms with Crippen molar-refractivity contribution in [2.24, 2.45) is 0 Å². The largest absolute Gasteiger partial charge is 0.448 e. The average molecular weight is 317 g/mol. The minimum atomic E-state index is -0.467.